The fourth-order valence-corrected chi connectivity index (χ4v) is 1.22. The third-order valence-electron chi connectivity index (χ3n) is 1.81. The summed E-state index contributed by atoms with van der Waals surface area (Å²) in [5, 5.41) is 0. The number of allylic oxidation sites excluding steroid dienone is 2. The summed E-state index contributed by atoms with van der Waals surface area (Å²) in [7, 11) is 0. The van der Waals surface area contributed by atoms with Crippen LogP contribution in [0.15, 0.2) is 29.8 Å². The highest BCUT2D eigenvalue weighted by Gasteiger charge is 2.05. The van der Waals surface area contributed by atoms with E-state index in [1.54, 1.807) is 0 Å². The summed E-state index contributed by atoms with van der Waals surface area (Å²) >= 11 is 0. The van der Waals surface area contributed by atoms with E-state index in [1.807, 2.05) is 13.8 Å². The highest BCUT2D eigenvalue weighted by Crippen LogP contribution is 2.09. The van der Waals surface area contributed by atoms with Crippen molar-refractivity contribution in [1.29, 1.82) is 0 Å². The van der Waals surface area contributed by atoms with Crippen molar-refractivity contribution in [3.63, 3.8) is 0 Å². The van der Waals surface area contributed by atoms with E-state index < -0.39 is 11.6 Å². The topological polar surface area (TPSA) is 17.1 Å². The van der Waals surface area contributed by atoms with Crippen LogP contribution in [-0.2, 0) is 11.2 Å². The van der Waals surface area contributed by atoms with E-state index >= 15 is 0 Å². The van der Waals surface area contributed by atoms with Gasteiger partial charge in [-0.05, 0) is 37.6 Å². The molecule has 0 bridgehead atoms. The van der Waals surface area contributed by atoms with Crippen molar-refractivity contribution in [3.8, 4) is 0 Å². The molecule has 0 aliphatic carbocycles. The zero-order valence-electron chi connectivity index (χ0n) is 8.68. The Balaban J connectivity index is 2.78. The minimum Gasteiger partial charge on any atom is -0.294 e. The van der Waals surface area contributed by atoms with Crippen molar-refractivity contribution in [3.05, 3.63) is 47.0 Å². The second-order valence-corrected chi connectivity index (χ2v) is 3.61. The maximum Gasteiger partial charge on any atom is 0.159 e. The van der Waals surface area contributed by atoms with Crippen LogP contribution in [0, 0.1) is 11.6 Å². The largest absolute Gasteiger partial charge is 0.294 e. The van der Waals surface area contributed by atoms with E-state index in [9.17, 15) is 13.6 Å². The minimum absolute atomic E-state index is 0.0996. The summed E-state index contributed by atoms with van der Waals surface area (Å²) in [6.45, 7) is 3.62. The van der Waals surface area contributed by atoms with Crippen LogP contribution >= 0.6 is 0 Å². The van der Waals surface area contributed by atoms with Crippen LogP contribution in [0.4, 0.5) is 8.78 Å². The highest BCUT2D eigenvalue weighted by atomic mass is 19.2. The van der Waals surface area contributed by atoms with Crippen molar-refractivity contribution < 1.29 is 13.6 Å². The number of carbonyl (C=O) groups excluding carboxylic acids is 1. The summed E-state index contributed by atoms with van der Waals surface area (Å²) in [4.78, 5) is 11.3. The number of ketones is 1. The van der Waals surface area contributed by atoms with E-state index in [0.29, 0.717) is 5.56 Å². The van der Waals surface area contributed by atoms with Crippen molar-refractivity contribution >= 4 is 5.78 Å². The molecule has 0 saturated heterocycles. The van der Waals surface area contributed by atoms with Crippen LogP contribution in [0.5, 0.6) is 0 Å². The molecule has 0 unspecified atom stereocenters. The van der Waals surface area contributed by atoms with Crippen molar-refractivity contribution in [2.45, 2.75) is 20.3 Å². The molecule has 0 heterocycles. The van der Waals surface area contributed by atoms with Gasteiger partial charge < -0.3 is 0 Å². The molecule has 1 nitrogen and oxygen atoms in total. The van der Waals surface area contributed by atoms with Crippen molar-refractivity contribution in [2.24, 2.45) is 0 Å². The van der Waals surface area contributed by atoms with Crippen LogP contribution in [0.25, 0.3) is 0 Å². The molecule has 0 radical (unpaired) electrons. The van der Waals surface area contributed by atoms with Crippen LogP contribution < -0.4 is 0 Å². The molecule has 0 aliphatic rings. The molecule has 0 spiro atoms. The van der Waals surface area contributed by atoms with Crippen LogP contribution in [0.3, 0.4) is 0 Å². The summed E-state index contributed by atoms with van der Waals surface area (Å²) in [6, 6.07) is 3.49. The molecule has 0 aliphatic heterocycles. The zero-order chi connectivity index (χ0) is 11.4. The molecule has 0 N–H and O–H groups in total. The third-order valence-corrected chi connectivity index (χ3v) is 1.81. The molecule has 15 heavy (non-hydrogen) atoms. The van der Waals surface area contributed by atoms with Gasteiger partial charge in [-0.2, -0.15) is 0 Å². The van der Waals surface area contributed by atoms with Gasteiger partial charge >= 0.3 is 0 Å². The SMILES string of the molecule is CC(C)=CC(=O)Cc1ccc(F)c(F)c1. The molecule has 1 aromatic carbocycles. The van der Waals surface area contributed by atoms with E-state index in [-0.39, 0.29) is 12.2 Å². The van der Waals surface area contributed by atoms with Gasteiger partial charge in [0.1, 0.15) is 0 Å². The Hall–Kier alpha value is -1.51. The molecule has 3 heteroatoms. The van der Waals surface area contributed by atoms with Gasteiger partial charge in [0.25, 0.3) is 0 Å². The lowest BCUT2D eigenvalue weighted by atomic mass is 10.1. The Morgan fingerprint density at radius 1 is 1.27 bits per heavy atom. The van der Waals surface area contributed by atoms with Gasteiger partial charge in [-0.25, -0.2) is 8.78 Å². The molecule has 0 aromatic heterocycles. The molecule has 0 fully saturated rings. The standard InChI is InChI=1S/C12H12F2O/c1-8(2)5-10(15)6-9-3-4-11(13)12(14)7-9/h3-5,7H,6H2,1-2H3. The maximum absolute atomic E-state index is 12.8. The lowest BCUT2D eigenvalue weighted by Crippen LogP contribution is -2.00. The molecule has 1 aromatic rings. The van der Waals surface area contributed by atoms with Crippen molar-refractivity contribution in [1.82, 2.24) is 0 Å². The number of benzene rings is 1. The molecular formula is C12H12F2O. The molecule has 0 atom stereocenters. The summed E-state index contributed by atoms with van der Waals surface area (Å²) in [6.07, 6.45) is 1.59. The van der Waals surface area contributed by atoms with Crippen LogP contribution in [-0.4, -0.2) is 5.78 Å². The molecular weight excluding hydrogens is 198 g/mol. The Bertz CT molecular complexity index is 404. The van der Waals surface area contributed by atoms with Gasteiger partial charge in [-0.3, -0.25) is 4.79 Å². The smallest absolute Gasteiger partial charge is 0.159 e. The summed E-state index contributed by atoms with van der Waals surface area (Å²) in [5.41, 5.74) is 1.37. The minimum atomic E-state index is -0.919. The number of hydrogen-bond donors (Lipinski definition) is 0. The fourth-order valence-electron chi connectivity index (χ4n) is 1.22. The molecule has 80 valence electrons. The maximum atomic E-state index is 12.8. The number of halogens is 2. The first-order valence-corrected chi connectivity index (χ1v) is 4.60. The van der Waals surface area contributed by atoms with Gasteiger partial charge in [0, 0.05) is 6.42 Å². The average Bonchev–Trinajstić information content (AvgIpc) is 2.10. The highest BCUT2D eigenvalue weighted by molar-refractivity contribution is 5.91. The number of rotatable bonds is 3. The zero-order valence-corrected chi connectivity index (χ0v) is 8.68. The Morgan fingerprint density at radius 3 is 2.47 bits per heavy atom. The van der Waals surface area contributed by atoms with E-state index in [1.165, 1.54) is 12.1 Å². The first kappa shape index (κ1) is 11.6. The Kier molecular flexibility index (Phi) is 3.72. The van der Waals surface area contributed by atoms with Crippen molar-refractivity contribution in [2.75, 3.05) is 0 Å². The predicted octanol–water partition coefficient (Wildman–Crippen LogP) is 3.04. The van der Waals surface area contributed by atoms with E-state index in [0.717, 1.165) is 17.7 Å². The van der Waals surface area contributed by atoms with Crippen LogP contribution in [0.2, 0.25) is 0 Å². The second-order valence-electron chi connectivity index (χ2n) is 3.61. The first-order valence-electron chi connectivity index (χ1n) is 4.60. The van der Waals surface area contributed by atoms with Crippen LogP contribution in [0.1, 0.15) is 19.4 Å². The molecule has 0 saturated carbocycles. The van der Waals surface area contributed by atoms with Gasteiger partial charge in [0.2, 0.25) is 0 Å². The Morgan fingerprint density at radius 2 is 1.93 bits per heavy atom. The quantitative estimate of drug-likeness (QED) is 0.701. The van der Waals surface area contributed by atoms with Gasteiger partial charge in [0.05, 0.1) is 0 Å². The first-order chi connectivity index (χ1) is 6.99. The Labute approximate surface area is 87.4 Å². The number of carbonyl (C=O) groups is 1. The molecule has 0 amide bonds. The van der Waals surface area contributed by atoms with E-state index in [2.05, 4.69) is 0 Å². The fraction of sp³-hybridized carbons (Fsp3) is 0.250. The van der Waals surface area contributed by atoms with E-state index in [4.69, 9.17) is 0 Å². The normalized spacial score (nSPS) is 9.87. The lowest BCUT2D eigenvalue weighted by molar-refractivity contribution is -0.114. The third kappa shape index (κ3) is 3.62. The molecule has 1 rings (SSSR count). The lowest BCUT2D eigenvalue weighted by Gasteiger charge is -1.99. The number of hydrogen-bond acceptors (Lipinski definition) is 1. The summed E-state index contributed by atoms with van der Waals surface area (Å²) in [5.74, 6) is -1.92. The summed E-state index contributed by atoms with van der Waals surface area (Å²) < 4.78 is 25.4. The second kappa shape index (κ2) is 4.82. The van der Waals surface area contributed by atoms with Gasteiger partial charge in [0.15, 0.2) is 17.4 Å². The van der Waals surface area contributed by atoms with Gasteiger partial charge in [-0.15, -0.1) is 0 Å². The predicted molar refractivity (Wildman–Crippen MR) is 54.5 cm³/mol. The van der Waals surface area contributed by atoms with Gasteiger partial charge in [-0.1, -0.05) is 11.6 Å². The monoisotopic (exact) mass is 210 g/mol. The average molecular weight is 210 g/mol.